The van der Waals surface area contributed by atoms with E-state index in [0.29, 0.717) is 18.1 Å². The summed E-state index contributed by atoms with van der Waals surface area (Å²) in [5.74, 6) is 0.154. The lowest BCUT2D eigenvalue weighted by molar-refractivity contribution is -0.121. The summed E-state index contributed by atoms with van der Waals surface area (Å²) in [6, 6.07) is 7.78. The van der Waals surface area contributed by atoms with Crippen LogP contribution in [0.4, 0.5) is 4.39 Å². The predicted molar refractivity (Wildman–Crippen MR) is 88.1 cm³/mol. The number of carbonyl (C=O) groups excluding carboxylic acids is 1. The second kappa shape index (κ2) is 6.78. The van der Waals surface area contributed by atoms with Crippen LogP contribution in [0.1, 0.15) is 35.3 Å². The fourth-order valence-electron chi connectivity index (χ4n) is 2.68. The van der Waals surface area contributed by atoms with Gasteiger partial charge in [0.1, 0.15) is 5.82 Å². The van der Waals surface area contributed by atoms with Gasteiger partial charge in [-0.05, 0) is 36.2 Å². The van der Waals surface area contributed by atoms with E-state index in [1.54, 1.807) is 25.4 Å². The van der Waals surface area contributed by atoms with E-state index in [1.807, 2.05) is 13.0 Å². The maximum atomic E-state index is 12.9. The first kappa shape index (κ1) is 16.1. The SMILES string of the molecule is COC1=NCc2cc(CC(=O)N[C@H](C)c3ccc(F)cc3)ncc21. The number of halogens is 1. The van der Waals surface area contributed by atoms with Crippen LogP contribution in [0.3, 0.4) is 0 Å². The van der Waals surface area contributed by atoms with Crippen molar-refractivity contribution >= 4 is 11.8 Å². The number of fused-ring (bicyclic) bond motifs is 1. The summed E-state index contributed by atoms with van der Waals surface area (Å²) >= 11 is 0. The largest absolute Gasteiger partial charge is 0.481 e. The number of carbonyl (C=O) groups is 1. The van der Waals surface area contributed by atoms with Gasteiger partial charge in [0.2, 0.25) is 11.8 Å². The van der Waals surface area contributed by atoms with Gasteiger partial charge >= 0.3 is 0 Å². The van der Waals surface area contributed by atoms with Crippen LogP contribution in [0.2, 0.25) is 0 Å². The molecule has 1 N–H and O–H groups in total. The smallest absolute Gasteiger partial charge is 0.226 e. The maximum absolute atomic E-state index is 12.9. The van der Waals surface area contributed by atoms with Crippen molar-refractivity contribution in [2.45, 2.75) is 25.9 Å². The van der Waals surface area contributed by atoms with E-state index in [0.717, 1.165) is 16.7 Å². The van der Waals surface area contributed by atoms with Crippen LogP contribution in [-0.2, 0) is 22.5 Å². The Hall–Kier alpha value is -2.76. The summed E-state index contributed by atoms with van der Waals surface area (Å²) in [4.78, 5) is 20.8. The van der Waals surface area contributed by atoms with E-state index in [-0.39, 0.29) is 24.2 Å². The number of nitrogens with one attached hydrogen (secondary N) is 1. The molecular weight excluding hydrogens is 309 g/mol. The van der Waals surface area contributed by atoms with E-state index >= 15 is 0 Å². The van der Waals surface area contributed by atoms with E-state index in [4.69, 9.17) is 4.74 Å². The van der Waals surface area contributed by atoms with E-state index < -0.39 is 0 Å². The van der Waals surface area contributed by atoms with Crippen LogP contribution in [0.5, 0.6) is 0 Å². The number of amides is 1. The Bertz CT molecular complexity index is 787. The second-order valence-electron chi connectivity index (χ2n) is 5.68. The fraction of sp³-hybridized carbons (Fsp3) is 0.278. The van der Waals surface area contributed by atoms with Gasteiger partial charge in [-0.2, -0.15) is 0 Å². The van der Waals surface area contributed by atoms with E-state index in [1.165, 1.54) is 12.1 Å². The lowest BCUT2D eigenvalue weighted by Crippen LogP contribution is -2.28. The molecule has 1 aromatic carbocycles. The fourth-order valence-corrected chi connectivity index (χ4v) is 2.68. The summed E-state index contributed by atoms with van der Waals surface area (Å²) in [6.07, 6.45) is 1.87. The third kappa shape index (κ3) is 3.42. The summed E-state index contributed by atoms with van der Waals surface area (Å²) in [5, 5.41) is 2.90. The molecule has 2 aromatic rings. The first-order valence-electron chi connectivity index (χ1n) is 7.68. The molecule has 0 radical (unpaired) electrons. The quantitative estimate of drug-likeness (QED) is 0.938. The molecule has 0 saturated carbocycles. The molecular formula is C18H18FN3O2. The number of methoxy groups -OCH3 is 1. The van der Waals surface area contributed by atoms with Gasteiger partial charge in [-0.15, -0.1) is 0 Å². The van der Waals surface area contributed by atoms with Crippen LogP contribution in [0.15, 0.2) is 41.5 Å². The average molecular weight is 327 g/mol. The van der Waals surface area contributed by atoms with Gasteiger partial charge in [0, 0.05) is 6.20 Å². The van der Waals surface area contributed by atoms with E-state index in [2.05, 4.69) is 15.3 Å². The van der Waals surface area contributed by atoms with Crippen molar-refractivity contribution in [2.75, 3.05) is 7.11 Å². The number of benzene rings is 1. The minimum atomic E-state index is -0.294. The van der Waals surface area contributed by atoms with E-state index in [9.17, 15) is 9.18 Å². The molecule has 1 atom stereocenters. The molecule has 1 amide bonds. The molecule has 124 valence electrons. The Kier molecular flexibility index (Phi) is 4.55. The number of ether oxygens (including phenoxy) is 1. The molecule has 3 rings (SSSR count). The molecule has 1 aliphatic rings. The molecule has 0 saturated heterocycles. The average Bonchev–Trinajstić information content (AvgIpc) is 2.97. The Morgan fingerprint density at radius 3 is 2.83 bits per heavy atom. The van der Waals surface area contributed by atoms with Gasteiger partial charge < -0.3 is 10.1 Å². The lowest BCUT2D eigenvalue weighted by Gasteiger charge is -2.14. The molecule has 2 heterocycles. The molecule has 5 nitrogen and oxygen atoms in total. The number of hydrogen-bond donors (Lipinski definition) is 1. The highest BCUT2D eigenvalue weighted by molar-refractivity contribution is 5.97. The molecule has 0 spiro atoms. The molecule has 0 unspecified atom stereocenters. The standard InChI is InChI=1S/C18H18FN3O2/c1-11(12-3-5-14(19)6-4-12)22-17(23)8-15-7-13-9-21-18(24-2)16(13)10-20-15/h3-7,10-11H,8-9H2,1-2H3,(H,22,23)/t11-/m1/s1. The van der Waals surface area contributed by atoms with Gasteiger partial charge in [-0.3, -0.25) is 9.78 Å². The van der Waals surface area contributed by atoms with Crippen molar-refractivity contribution in [3.8, 4) is 0 Å². The van der Waals surface area contributed by atoms with Crippen molar-refractivity contribution in [2.24, 2.45) is 4.99 Å². The normalized spacial score (nSPS) is 13.9. The minimum absolute atomic E-state index is 0.134. The van der Waals surface area contributed by atoms with Gasteiger partial charge in [0.25, 0.3) is 0 Å². The van der Waals surface area contributed by atoms with Gasteiger partial charge in [-0.25, -0.2) is 9.38 Å². The van der Waals surface area contributed by atoms with Gasteiger partial charge in [0.15, 0.2) is 0 Å². The minimum Gasteiger partial charge on any atom is -0.481 e. The third-order valence-electron chi connectivity index (χ3n) is 3.95. The van der Waals surface area contributed by atoms with Crippen molar-refractivity contribution in [3.63, 3.8) is 0 Å². The monoisotopic (exact) mass is 327 g/mol. The maximum Gasteiger partial charge on any atom is 0.226 e. The van der Waals surface area contributed by atoms with Crippen molar-refractivity contribution in [1.82, 2.24) is 10.3 Å². The first-order chi connectivity index (χ1) is 11.6. The first-order valence-corrected chi connectivity index (χ1v) is 7.68. The highest BCUT2D eigenvalue weighted by Crippen LogP contribution is 2.19. The van der Waals surface area contributed by atoms with Gasteiger partial charge in [-0.1, -0.05) is 12.1 Å². The van der Waals surface area contributed by atoms with Crippen LogP contribution >= 0.6 is 0 Å². The van der Waals surface area contributed by atoms with Crippen molar-refractivity contribution in [1.29, 1.82) is 0 Å². The van der Waals surface area contributed by atoms with Crippen LogP contribution in [0, 0.1) is 5.82 Å². The molecule has 24 heavy (non-hydrogen) atoms. The van der Waals surface area contributed by atoms with Crippen LogP contribution < -0.4 is 5.32 Å². The van der Waals surface area contributed by atoms with Crippen molar-refractivity contribution < 1.29 is 13.9 Å². The Morgan fingerprint density at radius 2 is 2.12 bits per heavy atom. The van der Waals surface area contributed by atoms with Crippen molar-refractivity contribution in [3.05, 3.63) is 64.7 Å². The number of aliphatic imine (C=N–C) groups is 1. The highest BCUT2D eigenvalue weighted by Gasteiger charge is 2.18. The number of hydrogen-bond acceptors (Lipinski definition) is 4. The molecule has 1 aliphatic heterocycles. The Balaban J connectivity index is 1.62. The zero-order valence-electron chi connectivity index (χ0n) is 13.5. The molecule has 0 aliphatic carbocycles. The zero-order valence-corrected chi connectivity index (χ0v) is 13.5. The number of rotatable bonds is 4. The number of nitrogens with zero attached hydrogens (tertiary/aromatic N) is 2. The summed E-state index contributed by atoms with van der Waals surface area (Å²) in [7, 11) is 1.58. The summed E-state index contributed by atoms with van der Waals surface area (Å²) in [6.45, 7) is 2.40. The zero-order chi connectivity index (χ0) is 17.1. The molecule has 0 bridgehead atoms. The Morgan fingerprint density at radius 1 is 1.38 bits per heavy atom. The second-order valence-corrected chi connectivity index (χ2v) is 5.68. The van der Waals surface area contributed by atoms with Gasteiger partial charge in [0.05, 0.1) is 37.4 Å². The summed E-state index contributed by atoms with van der Waals surface area (Å²) < 4.78 is 18.1. The highest BCUT2D eigenvalue weighted by atomic mass is 19.1. The predicted octanol–water partition coefficient (Wildman–Crippen LogP) is 2.55. The lowest BCUT2D eigenvalue weighted by atomic mass is 10.1. The third-order valence-corrected chi connectivity index (χ3v) is 3.95. The number of aromatic nitrogens is 1. The number of pyridine rings is 1. The van der Waals surface area contributed by atoms with Crippen LogP contribution in [-0.4, -0.2) is 23.9 Å². The topological polar surface area (TPSA) is 63.6 Å². The summed E-state index contributed by atoms with van der Waals surface area (Å²) in [5.41, 5.74) is 3.42. The molecule has 6 heteroatoms. The Labute approximate surface area is 139 Å². The molecule has 0 fully saturated rings. The van der Waals surface area contributed by atoms with Crippen LogP contribution in [0.25, 0.3) is 0 Å². The molecule has 1 aromatic heterocycles.